The average Bonchev–Trinajstić information content (AvgIpc) is 3.45. The first kappa shape index (κ1) is 20.0. The third kappa shape index (κ3) is 3.43. The Morgan fingerprint density at radius 1 is 0.667 bits per heavy atom. The van der Waals surface area contributed by atoms with Crippen molar-refractivity contribution in [2.45, 2.75) is 74.6 Å². The fourth-order valence-electron chi connectivity index (χ4n) is 5.01. The summed E-state index contributed by atoms with van der Waals surface area (Å²) in [7, 11) is 0. The van der Waals surface area contributed by atoms with Gasteiger partial charge in [0.2, 0.25) is 0 Å². The fourth-order valence-corrected chi connectivity index (χ4v) is 5.01. The highest BCUT2D eigenvalue weighted by Gasteiger charge is 2.58. The molecular weight excluding hydrogens is 400 g/mol. The van der Waals surface area contributed by atoms with Crippen molar-refractivity contribution in [1.29, 1.82) is 0 Å². The summed E-state index contributed by atoms with van der Waals surface area (Å²) in [6, 6.07) is 0. The van der Waals surface area contributed by atoms with E-state index in [2.05, 4.69) is 0 Å². The molecule has 168 valence electrons. The van der Waals surface area contributed by atoms with Gasteiger partial charge in [0.05, 0.1) is 39.6 Å². The molecule has 10 heteroatoms. The zero-order chi connectivity index (χ0) is 20.3. The quantitative estimate of drug-likeness (QED) is 0.542. The van der Waals surface area contributed by atoms with Gasteiger partial charge in [-0.1, -0.05) is 12.2 Å². The van der Waals surface area contributed by atoms with Gasteiger partial charge in [-0.3, -0.25) is 0 Å². The Labute approximate surface area is 174 Å². The molecule has 0 radical (unpaired) electrons. The molecule has 6 aliphatic rings. The summed E-state index contributed by atoms with van der Waals surface area (Å²) < 4.78 is 58.0. The van der Waals surface area contributed by atoms with Gasteiger partial charge in [0, 0.05) is 13.8 Å². The molecule has 0 spiro atoms. The van der Waals surface area contributed by atoms with Crippen molar-refractivity contribution in [3.05, 3.63) is 12.2 Å². The minimum atomic E-state index is -0.986. The van der Waals surface area contributed by atoms with Crippen molar-refractivity contribution in [3.63, 3.8) is 0 Å². The molecule has 10 atom stereocenters. The highest BCUT2D eigenvalue weighted by molar-refractivity contribution is 4.99. The SMILES string of the molecule is CC12OC[C@@H](O1)[C@H]1OC[C@H](OC/C=C/CO[C@H]3CO[C@H]4[C@@H]3OC3(C)OC[C@H]4O3)[C@H]1O2. The molecule has 0 amide bonds. The molecule has 0 aromatic rings. The maximum atomic E-state index is 5.96. The lowest BCUT2D eigenvalue weighted by molar-refractivity contribution is -0.379. The summed E-state index contributed by atoms with van der Waals surface area (Å²) in [5, 5.41) is 0. The van der Waals surface area contributed by atoms with Gasteiger partial charge in [0.25, 0.3) is 11.9 Å². The van der Waals surface area contributed by atoms with Crippen LogP contribution in [0.4, 0.5) is 0 Å². The van der Waals surface area contributed by atoms with Gasteiger partial charge in [0.1, 0.15) is 48.8 Å². The molecule has 0 saturated carbocycles. The highest BCUT2D eigenvalue weighted by Crippen LogP contribution is 2.41. The van der Waals surface area contributed by atoms with Gasteiger partial charge < -0.3 is 47.4 Å². The van der Waals surface area contributed by atoms with Crippen LogP contribution in [0.1, 0.15) is 13.8 Å². The maximum Gasteiger partial charge on any atom is 0.280 e. The molecule has 6 heterocycles. The van der Waals surface area contributed by atoms with Gasteiger partial charge >= 0.3 is 0 Å². The van der Waals surface area contributed by atoms with E-state index in [0.29, 0.717) is 39.6 Å². The largest absolute Gasteiger partial charge is 0.370 e. The molecule has 30 heavy (non-hydrogen) atoms. The predicted octanol–water partition coefficient (Wildman–Crippen LogP) is 0.0864. The zero-order valence-corrected chi connectivity index (χ0v) is 17.1. The zero-order valence-electron chi connectivity index (χ0n) is 17.1. The second kappa shape index (κ2) is 7.45. The standard InChI is InChI=1S/C20H28O10/c1-19-25-9-13(27-19)15-17(29-19)11(7-23-15)21-5-3-4-6-22-12-8-24-16-14-10-26-20(2,28-14)30-18(12)16/h3-4,11-18H,5-10H2,1-2H3/b4-3+/t11-,12-,13+,14+,15+,16+,17+,18+,19?,20?/m0/s1. The van der Waals surface area contributed by atoms with Crippen LogP contribution in [-0.2, 0) is 47.4 Å². The summed E-state index contributed by atoms with van der Waals surface area (Å²) in [6.45, 7) is 6.39. The highest BCUT2D eigenvalue weighted by atomic mass is 16.9. The topological polar surface area (TPSA) is 92.3 Å². The predicted molar refractivity (Wildman–Crippen MR) is 96.3 cm³/mol. The molecule has 2 unspecified atom stereocenters. The summed E-state index contributed by atoms with van der Waals surface area (Å²) in [5.41, 5.74) is 0. The van der Waals surface area contributed by atoms with Crippen molar-refractivity contribution in [2.75, 3.05) is 39.6 Å². The Morgan fingerprint density at radius 2 is 1.13 bits per heavy atom. The van der Waals surface area contributed by atoms with E-state index < -0.39 is 11.9 Å². The Morgan fingerprint density at radius 3 is 1.60 bits per heavy atom. The minimum Gasteiger partial charge on any atom is -0.370 e. The number of hydrogen-bond donors (Lipinski definition) is 0. The van der Waals surface area contributed by atoms with Crippen LogP contribution in [0.25, 0.3) is 0 Å². The molecule has 6 fully saturated rings. The molecule has 4 bridgehead atoms. The number of rotatable bonds is 6. The Balaban J connectivity index is 0.951. The molecular formula is C20H28O10. The molecule has 0 aromatic carbocycles. The molecule has 6 saturated heterocycles. The summed E-state index contributed by atoms with van der Waals surface area (Å²) >= 11 is 0. The van der Waals surface area contributed by atoms with Gasteiger partial charge in [-0.15, -0.1) is 0 Å². The van der Waals surface area contributed by atoms with E-state index >= 15 is 0 Å². The first-order valence-electron chi connectivity index (χ1n) is 10.6. The minimum absolute atomic E-state index is 0.0981. The third-order valence-corrected chi connectivity index (χ3v) is 6.45. The first-order valence-corrected chi connectivity index (χ1v) is 10.6. The monoisotopic (exact) mass is 428 g/mol. The third-order valence-electron chi connectivity index (χ3n) is 6.45. The molecule has 0 aliphatic carbocycles. The molecule has 0 N–H and O–H groups in total. The van der Waals surface area contributed by atoms with Crippen LogP contribution in [0, 0.1) is 0 Å². The Hall–Kier alpha value is -0.660. The van der Waals surface area contributed by atoms with Crippen molar-refractivity contribution >= 4 is 0 Å². The lowest BCUT2D eigenvalue weighted by atomic mass is 10.1. The second-order valence-electron chi connectivity index (χ2n) is 8.64. The summed E-state index contributed by atoms with van der Waals surface area (Å²) in [5.74, 6) is -1.97. The Kier molecular flexibility index (Phi) is 4.96. The molecule has 0 aromatic heterocycles. The number of ether oxygens (including phenoxy) is 10. The van der Waals surface area contributed by atoms with Crippen LogP contribution >= 0.6 is 0 Å². The Bertz CT molecular complexity index is 632. The lowest BCUT2D eigenvalue weighted by Crippen LogP contribution is -2.52. The van der Waals surface area contributed by atoms with Crippen LogP contribution in [0.5, 0.6) is 0 Å². The number of hydrogen-bond acceptors (Lipinski definition) is 10. The summed E-state index contributed by atoms with van der Waals surface area (Å²) in [6.07, 6.45) is 2.72. The van der Waals surface area contributed by atoms with E-state index in [1.807, 2.05) is 12.2 Å². The molecule has 6 aliphatic heterocycles. The van der Waals surface area contributed by atoms with E-state index in [1.165, 1.54) is 0 Å². The van der Waals surface area contributed by atoms with Crippen molar-refractivity contribution in [1.82, 2.24) is 0 Å². The van der Waals surface area contributed by atoms with Gasteiger partial charge in [-0.05, 0) is 0 Å². The maximum absolute atomic E-state index is 5.96. The molecule has 6 rings (SSSR count). The van der Waals surface area contributed by atoms with E-state index in [1.54, 1.807) is 13.8 Å². The van der Waals surface area contributed by atoms with Crippen LogP contribution in [0.3, 0.4) is 0 Å². The van der Waals surface area contributed by atoms with Gasteiger partial charge in [-0.2, -0.15) is 0 Å². The lowest BCUT2D eigenvalue weighted by Gasteiger charge is -2.36. The van der Waals surface area contributed by atoms with Crippen LogP contribution in [-0.4, -0.2) is 100 Å². The van der Waals surface area contributed by atoms with Crippen LogP contribution < -0.4 is 0 Å². The van der Waals surface area contributed by atoms with Crippen molar-refractivity contribution in [2.24, 2.45) is 0 Å². The van der Waals surface area contributed by atoms with Gasteiger partial charge in [0.15, 0.2) is 0 Å². The van der Waals surface area contributed by atoms with Crippen molar-refractivity contribution in [3.8, 4) is 0 Å². The smallest absolute Gasteiger partial charge is 0.280 e. The van der Waals surface area contributed by atoms with E-state index in [9.17, 15) is 0 Å². The fraction of sp³-hybridized carbons (Fsp3) is 0.900. The molecule has 10 nitrogen and oxygen atoms in total. The van der Waals surface area contributed by atoms with Crippen molar-refractivity contribution < 1.29 is 47.4 Å². The van der Waals surface area contributed by atoms with E-state index in [-0.39, 0.29) is 48.8 Å². The van der Waals surface area contributed by atoms with Crippen LogP contribution in [0.15, 0.2) is 12.2 Å². The van der Waals surface area contributed by atoms with Crippen LogP contribution in [0.2, 0.25) is 0 Å². The van der Waals surface area contributed by atoms with Gasteiger partial charge in [-0.25, -0.2) is 0 Å². The normalized spacial score (nSPS) is 54.1. The number of fused-ring (bicyclic) bond motifs is 8. The summed E-state index contributed by atoms with van der Waals surface area (Å²) in [4.78, 5) is 0. The second-order valence-corrected chi connectivity index (χ2v) is 8.64. The van der Waals surface area contributed by atoms with E-state index in [4.69, 9.17) is 47.4 Å². The average molecular weight is 428 g/mol. The van der Waals surface area contributed by atoms with E-state index in [0.717, 1.165) is 0 Å². The first-order chi connectivity index (χ1) is 14.5.